The van der Waals surface area contributed by atoms with Crippen LogP contribution in [0, 0.1) is 0 Å². The van der Waals surface area contributed by atoms with Gasteiger partial charge in [-0.15, -0.1) is 13.2 Å². The molecular formula is C19H12ClF3N4O. The first-order valence-electron chi connectivity index (χ1n) is 8.10. The van der Waals surface area contributed by atoms with Crippen molar-refractivity contribution in [2.75, 3.05) is 5.32 Å². The van der Waals surface area contributed by atoms with Crippen LogP contribution in [0.5, 0.6) is 5.75 Å². The second-order valence-corrected chi connectivity index (χ2v) is 6.28. The molecule has 2 heterocycles. The molecule has 4 rings (SSSR count). The minimum Gasteiger partial charge on any atom is -0.406 e. The average molecular weight is 405 g/mol. The van der Waals surface area contributed by atoms with Crippen molar-refractivity contribution in [3.63, 3.8) is 0 Å². The molecule has 0 aliphatic carbocycles. The summed E-state index contributed by atoms with van der Waals surface area (Å²) < 4.78 is 42.4. The Morgan fingerprint density at radius 2 is 1.82 bits per heavy atom. The van der Waals surface area contributed by atoms with Gasteiger partial charge in [-0.05, 0) is 42.0 Å². The fraction of sp³-hybridized carbons (Fsp3) is 0.0526. The highest BCUT2D eigenvalue weighted by molar-refractivity contribution is 6.30. The van der Waals surface area contributed by atoms with Crippen molar-refractivity contribution in [2.24, 2.45) is 0 Å². The van der Waals surface area contributed by atoms with E-state index >= 15 is 0 Å². The normalized spacial score (nSPS) is 11.6. The molecule has 0 saturated heterocycles. The Morgan fingerprint density at radius 3 is 2.54 bits per heavy atom. The maximum atomic E-state index is 12.3. The van der Waals surface area contributed by atoms with Crippen molar-refractivity contribution in [1.29, 1.82) is 0 Å². The van der Waals surface area contributed by atoms with Crippen molar-refractivity contribution in [3.05, 3.63) is 72.0 Å². The first-order valence-corrected chi connectivity index (χ1v) is 8.48. The molecule has 0 bridgehead atoms. The number of hydrogen-bond donors (Lipinski definition) is 1. The molecule has 0 amide bonds. The molecule has 0 aliphatic heterocycles. The van der Waals surface area contributed by atoms with Crippen LogP contribution in [0.2, 0.25) is 5.02 Å². The maximum absolute atomic E-state index is 12.3. The highest BCUT2D eigenvalue weighted by Gasteiger charge is 2.31. The Kier molecular flexibility index (Phi) is 4.56. The van der Waals surface area contributed by atoms with Gasteiger partial charge in [0.15, 0.2) is 5.65 Å². The molecule has 142 valence electrons. The standard InChI is InChI=1S/C19H12ClF3N4O/c20-13-2-1-3-14(10-13)25-17-8-9-27-18(26-17)16(11-24-27)12-4-6-15(7-5-12)28-19(21,22)23/h1-11H,(H,25,26). The lowest BCUT2D eigenvalue weighted by molar-refractivity contribution is -0.274. The number of benzene rings is 2. The minimum absolute atomic E-state index is 0.288. The van der Waals surface area contributed by atoms with Crippen LogP contribution in [0.3, 0.4) is 0 Å². The molecule has 28 heavy (non-hydrogen) atoms. The van der Waals surface area contributed by atoms with Crippen LogP contribution in [0.1, 0.15) is 0 Å². The van der Waals surface area contributed by atoms with E-state index in [1.165, 1.54) is 24.3 Å². The second-order valence-electron chi connectivity index (χ2n) is 5.85. The topological polar surface area (TPSA) is 51.5 Å². The lowest BCUT2D eigenvalue weighted by Crippen LogP contribution is -2.16. The quantitative estimate of drug-likeness (QED) is 0.474. The van der Waals surface area contributed by atoms with Gasteiger partial charge < -0.3 is 10.1 Å². The van der Waals surface area contributed by atoms with Crippen LogP contribution in [-0.4, -0.2) is 21.0 Å². The number of alkyl halides is 3. The highest BCUT2D eigenvalue weighted by atomic mass is 35.5. The summed E-state index contributed by atoms with van der Waals surface area (Å²) in [5, 5.41) is 7.99. The molecule has 0 fully saturated rings. The van der Waals surface area contributed by atoms with Crippen LogP contribution in [0.4, 0.5) is 24.7 Å². The molecule has 2 aromatic carbocycles. The molecule has 4 aromatic rings. The number of nitrogens with one attached hydrogen (secondary N) is 1. The molecule has 9 heteroatoms. The summed E-state index contributed by atoms with van der Waals surface area (Å²) >= 11 is 5.99. The Bertz CT molecular complexity index is 1130. The maximum Gasteiger partial charge on any atom is 0.573 e. The smallest absolute Gasteiger partial charge is 0.406 e. The number of rotatable bonds is 4. The van der Waals surface area contributed by atoms with Crippen LogP contribution in [0.15, 0.2) is 67.0 Å². The molecular weight excluding hydrogens is 393 g/mol. The molecule has 5 nitrogen and oxygen atoms in total. The van der Waals surface area contributed by atoms with E-state index in [-0.39, 0.29) is 5.75 Å². The van der Waals surface area contributed by atoms with Gasteiger partial charge in [-0.3, -0.25) is 0 Å². The van der Waals surface area contributed by atoms with Crippen molar-refractivity contribution < 1.29 is 17.9 Å². The first kappa shape index (κ1) is 18.1. The number of fused-ring (bicyclic) bond motifs is 1. The summed E-state index contributed by atoms with van der Waals surface area (Å²) in [6, 6.07) is 14.5. The molecule has 0 unspecified atom stereocenters. The first-order chi connectivity index (χ1) is 13.4. The van der Waals surface area contributed by atoms with Crippen LogP contribution in [-0.2, 0) is 0 Å². The van der Waals surface area contributed by atoms with Gasteiger partial charge in [0.25, 0.3) is 0 Å². The third-order valence-electron chi connectivity index (χ3n) is 3.87. The molecule has 2 aromatic heterocycles. The number of hydrogen-bond acceptors (Lipinski definition) is 4. The monoisotopic (exact) mass is 404 g/mol. The summed E-state index contributed by atoms with van der Waals surface area (Å²) in [6.07, 6.45) is -1.39. The minimum atomic E-state index is -4.73. The van der Waals surface area contributed by atoms with E-state index in [1.807, 2.05) is 12.1 Å². The SMILES string of the molecule is FC(F)(F)Oc1ccc(-c2cnn3ccc(Nc4cccc(Cl)c4)nc23)cc1. The largest absolute Gasteiger partial charge is 0.573 e. The van der Waals surface area contributed by atoms with Crippen molar-refractivity contribution in [1.82, 2.24) is 14.6 Å². The molecule has 0 radical (unpaired) electrons. The fourth-order valence-electron chi connectivity index (χ4n) is 2.69. The summed E-state index contributed by atoms with van der Waals surface area (Å²) in [6.45, 7) is 0. The van der Waals surface area contributed by atoms with Gasteiger partial charge in [0.05, 0.1) is 6.20 Å². The number of ether oxygens (including phenoxy) is 1. The summed E-state index contributed by atoms with van der Waals surface area (Å²) in [5.41, 5.74) is 2.67. The summed E-state index contributed by atoms with van der Waals surface area (Å²) in [7, 11) is 0. The lowest BCUT2D eigenvalue weighted by atomic mass is 10.1. The van der Waals surface area contributed by atoms with E-state index in [9.17, 15) is 13.2 Å². The average Bonchev–Trinajstić information content (AvgIpc) is 3.04. The Morgan fingerprint density at radius 1 is 1.04 bits per heavy atom. The van der Waals surface area contributed by atoms with E-state index in [0.717, 1.165) is 5.69 Å². The number of halogens is 4. The van der Waals surface area contributed by atoms with E-state index in [4.69, 9.17) is 11.6 Å². The summed E-state index contributed by atoms with van der Waals surface area (Å²) in [4.78, 5) is 4.55. The van der Waals surface area contributed by atoms with Crippen molar-refractivity contribution in [2.45, 2.75) is 6.36 Å². The predicted octanol–water partition coefficient (Wildman–Crippen LogP) is 5.69. The van der Waals surface area contributed by atoms with Crippen LogP contribution < -0.4 is 10.1 Å². The molecule has 0 saturated carbocycles. The lowest BCUT2D eigenvalue weighted by Gasteiger charge is -2.09. The Hall–Kier alpha value is -3.26. The van der Waals surface area contributed by atoms with Gasteiger partial charge in [0.1, 0.15) is 11.6 Å². The number of aromatic nitrogens is 3. The summed E-state index contributed by atoms with van der Waals surface area (Å²) in [5.74, 6) is 0.289. The second kappa shape index (κ2) is 7.05. The van der Waals surface area contributed by atoms with Gasteiger partial charge in [-0.25, -0.2) is 9.50 Å². The highest BCUT2D eigenvalue weighted by Crippen LogP contribution is 2.29. The Balaban J connectivity index is 1.64. The van der Waals surface area contributed by atoms with E-state index in [0.29, 0.717) is 27.6 Å². The zero-order chi connectivity index (χ0) is 19.7. The predicted molar refractivity (Wildman–Crippen MR) is 99.8 cm³/mol. The van der Waals surface area contributed by atoms with Gasteiger partial charge in [0, 0.05) is 22.5 Å². The van der Waals surface area contributed by atoms with E-state index < -0.39 is 6.36 Å². The zero-order valence-electron chi connectivity index (χ0n) is 14.1. The van der Waals surface area contributed by atoms with Crippen LogP contribution >= 0.6 is 11.6 Å². The van der Waals surface area contributed by atoms with Gasteiger partial charge >= 0.3 is 6.36 Å². The molecule has 0 atom stereocenters. The van der Waals surface area contributed by atoms with Crippen LogP contribution in [0.25, 0.3) is 16.8 Å². The molecule has 1 N–H and O–H groups in total. The molecule has 0 spiro atoms. The third-order valence-corrected chi connectivity index (χ3v) is 4.10. The van der Waals surface area contributed by atoms with E-state index in [2.05, 4.69) is 20.1 Å². The fourth-order valence-corrected chi connectivity index (χ4v) is 2.88. The molecule has 0 aliphatic rings. The Labute approximate surface area is 162 Å². The van der Waals surface area contributed by atoms with E-state index in [1.54, 1.807) is 35.1 Å². The van der Waals surface area contributed by atoms with Gasteiger partial charge in [-0.2, -0.15) is 5.10 Å². The zero-order valence-corrected chi connectivity index (χ0v) is 14.9. The van der Waals surface area contributed by atoms with Crippen molar-refractivity contribution >= 4 is 28.8 Å². The number of anilines is 2. The van der Waals surface area contributed by atoms with Gasteiger partial charge in [0.2, 0.25) is 0 Å². The van der Waals surface area contributed by atoms with Gasteiger partial charge in [-0.1, -0.05) is 29.8 Å². The van der Waals surface area contributed by atoms with Crippen molar-refractivity contribution in [3.8, 4) is 16.9 Å². The number of nitrogens with zero attached hydrogens (tertiary/aromatic N) is 3. The third kappa shape index (κ3) is 4.01.